The number of halogens is 2. The minimum absolute atomic E-state index is 0.0242. The molecule has 9 heteroatoms. The lowest BCUT2D eigenvalue weighted by molar-refractivity contribution is -0.134. The Kier molecular flexibility index (Phi) is 6.08. The second-order valence-corrected chi connectivity index (χ2v) is 10.4. The van der Waals surface area contributed by atoms with Gasteiger partial charge in [-0.15, -0.1) is 0 Å². The van der Waals surface area contributed by atoms with E-state index >= 15 is 0 Å². The van der Waals surface area contributed by atoms with Crippen LogP contribution >= 0.6 is 23.2 Å². The molecule has 0 saturated carbocycles. The Morgan fingerprint density at radius 3 is 2.63 bits per heavy atom. The van der Waals surface area contributed by atoms with Crippen LogP contribution in [-0.4, -0.2) is 73.0 Å². The molecule has 1 heterocycles. The van der Waals surface area contributed by atoms with Gasteiger partial charge in [-0.3, -0.25) is 9.69 Å². The fraction of sp³-hybridized carbons (Fsp3) is 0.611. The molecule has 1 amide bonds. The van der Waals surface area contributed by atoms with Gasteiger partial charge in [0.1, 0.15) is 0 Å². The zero-order valence-electron chi connectivity index (χ0n) is 15.4. The van der Waals surface area contributed by atoms with Crippen LogP contribution in [-0.2, 0) is 21.1 Å². The van der Waals surface area contributed by atoms with Crippen molar-refractivity contribution in [1.82, 2.24) is 9.80 Å². The number of aliphatic hydroxyl groups is 1. The van der Waals surface area contributed by atoms with E-state index in [9.17, 15) is 18.3 Å². The van der Waals surface area contributed by atoms with Crippen molar-refractivity contribution in [3.8, 4) is 0 Å². The molecule has 1 aromatic rings. The van der Waals surface area contributed by atoms with Gasteiger partial charge in [0.2, 0.25) is 5.91 Å². The van der Waals surface area contributed by atoms with Crippen molar-refractivity contribution in [3.63, 3.8) is 0 Å². The molecule has 0 aromatic heterocycles. The molecular formula is C18H24Cl2N2O4S. The average molecular weight is 435 g/mol. The second kappa shape index (κ2) is 7.87. The Labute approximate surface area is 170 Å². The van der Waals surface area contributed by atoms with Crippen LogP contribution < -0.4 is 0 Å². The van der Waals surface area contributed by atoms with Crippen molar-refractivity contribution in [1.29, 1.82) is 0 Å². The standard InChI is InChI=1S/C18H24Cl2N2O4S/c1-3-22(12-4-5-27(25,26)10-12)17(24)9-21(2)18-14-6-11(19)7-15(20)13(14)8-16(18)23/h6-7,12,16,18,23H,3-5,8-10H2,1-2H3. The number of carbonyl (C=O) groups is 1. The topological polar surface area (TPSA) is 77.9 Å². The van der Waals surface area contributed by atoms with Crippen LogP contribution in [0.3, 0.4) is 0 Å². The van der Waals surface area contributed by atoms with Gasteiger partial charge in [0.25, 0.3) is 0 Å². The monoisotopic (exact) mass is 434 g/mol. The van der Waals surface area contributed by atoms with Gasteiger partial charge in [0.15, 0.2) is 9.84 Å². The highest BCUT2D eigenvalue weighted by molar-refractivity contribution is 7.91. The Morgan fingerprint density at radius 2 is 2.04 bits per heavy atom. The molecule has 0 bridgehead atoms. The molecule has 1 N–H and O–H groups in total. The third kappa shape index (κ3) is 4.27. The molecule has 3 unspecified atom stereocenters. The molecule has 1 aliphatic carbocycles. The van der Waals surface area contributed by atoms with Gasteiger partial charge >= 0.3 is 0 Å². The molecule has 3 atom stereocenters. The van der Waals surface area contributed by atoms with Crippen LogP contribution in [0.5, 0.6) is 0 Å². The molecule has 1 fully saturated rings. The number of amides is 1. The number of fused-ring (bicyclic) bond motifs is 1. The van der Waals surface area contributed by atoms with E-state index in [1.165, 1.54) is 0 Å². The summed E-state index contributed by atoms with van der Waals surface area (Å²) in [6, 6.07) is 2.78. The predicted molar refractivity (Wildman–Crippen MR) is 106 cm³/mol. The minimum atomic E-state index is -3.06. The maximum Gasteiger partial charge on any atom is 0.237 e. The Bertz CT molecular complexity index is 846. The number of sulfone groups is 1. The highest BCUT2D eigenvalue weighted by atomic mass is 35.5. The van der Waals surface area contributed by atoms with Crippen molar-refractivity contribution in [2.24, 2.45) is 0 Å². The molecule has 1 aromatic carbocycles. The average Bonchev–Trinajstić information content (AvgIpc) is 3.07. The van der Waals surface area contributed by atoms with Gasteiger partial charge in [-0.05, 0) is 43.7 Å². The number of rotatable bonds is 5. The number of hydrogen-bond donors (Lipinski definition) is 1. The molecule has 2 aliphatic rings. The van der Waals surface area contributed by atoms with Gasteiger partial charge in [-0.25, -0.2) is 8.42 Å². The fourth-order valence-electron chi connectivity index (χ4n) is 4.22. The van der Waals surface area contributed by atoms with Gasteiger partial charge in [-0.1, -0.05) is 23.2 Å². The number of carbonyl (C=O) groups excluding carboxylic acids is 1. The summed E-state index contributed by atoms with van der Waals surface area (Å²) in [5, 5.41) is 11.5. The molecule has 27 heavy (non-hydrogen) atoms. The van der Waals surface area contributed by atoms with E-state index in [1.807, 2.05) is 6.92 Å². The van der Waals surface area contributed by atoms with Gasteiger partial charge in [-0.2, -0.15) is 0 Å². The lowest BCUT2D eigenvalue weighted by Crippen LogP contribution is -2.46. The Balaban J connectivity index is 1.75. The van der Waals surface area contributed by atoms with Gasteiger partial charge in [0, 0.05) is 29.1 Å². The molecule has 0 radical (unpaired) electrons. The number of likely N-dealkylation sites (N-methyl/N-ethyl adjacent to an activating group) is 2. The highest BCUT2D eigenvalue weighted by Gasteiger charge is 2.38. The largest absolute Gasteiger partial charge is 0.391 e. The van der Waals surface area contributed by atoms with Crippen LogP contribution in [0.4, 0.5) is 0 Å². The number of aliphatic hydroxyl groups excluding tert-OH is 1. The van der Waals surface area contributed by atoms with Crippen LogP contribution in [0.2, 0.25) is 10.0 Å². The maximum atomic E-state index is 12.8. The first kappa shape index (κ1) is 20.9. The number of benzene rings is 1. The van der Waals surface area contributed by atoms with Crippen molar-refractivity contribution in [2.45, 2.75) is 38.0 Å². The summed E-state index contributed by atoms with van der Waals surface area (Å²) >= 11 is 12.4. The third-order valence-corrected chi connectivity index (χ3v) is 7.77. The van der Waals surface area contributed by atoms with Crippen LogP contribution in [0, 0.1) is 0 Å². The molecule has 1 saturated heterocycles. The summed E-state index contributed by atoms with van der Waals surface area (Å²) in [5.41, 5.74) is 1.69. The normalized spacial score (nSPS) is 26.4. The van der Waals surface area contributed by atoms with E-state index in [0.717, 1.165) is 11.1 Å². The first-order valence-corrected chi connectivity index (χ1v) is 11.6. The van der Waals surface area contributed by atoms with E-state index in [4.69, 9.17) is 23.2 Å². The summed E-state index contributed by atoms with van der Waals surface area (Å²) in [4.78, 5) is 16.3. The SMILES string of the molecule is CCN(C(=O)CN(C)C1c2cc(Cl)cc(Cl)c2CC1O)C1CCS(=O)(=O)C1. The van der Waals surface area contributed by atoms with Crippen molar-refractivity contribution >= 4 is 38.9 Å². The van der Waals surface area contributed by atoms with E-state index in [0.29, 0.717) is 29.4 Å². The van der Waals surface area contributed by atoms with E-state index in [-0.39, 0.29) is 36.0 Å². The predicted octanol–water partition coefficient (Wildman–Crippen LogP) is 1.92. The first-order chi connectivity index (χ1) is 12.6. The molecular weight excluding hydrogens is 411 g/mol. The van der Waals surface area contributed by atoms with Crippen molar-refractivity contribution in [3.05, 3.63) is 33.3 Å². The minimum Gasteiger partial charge on any atom is -0.391 e. The lowest BCUT2D eigenvalue weighted by Gasteiger charge is -2.32. The van der Waals surface area contributed by atoms with E-state index in [1.54, 1.807) is 29.0 Å². The van der Waals surface area contributed by atoms with E-state index in [2.05, 4.69) is 0 Å². The number of hydrogen-bond acceptors (Lipinski definition) is 5. The highest BCUT2D eigenvalue weighted by Crippen LogP contribution is 2.40. The molecule has 1 aliphatic heterocycles. The summed E-state index contributed by atoms with van der Waals surface area (Å²) in [7, 11) is -1.29. The summed E-state index contributed by atoms with van der Waals surface area (Å²) in [6.07, 6.45) is 0.203. The van der Waals surface area contributed by atoms with Crippen LogP contribution in [0.25, 0.3) is 0 Å². The zero-order valence-corrected chi connectivity index (χ0v) is 17.7. The summed E-state index contributed by atoms with van der Waals surface area (Å²) < 4.78 is 23.5. The number of nitrogens with zero attached hydrogens (tertiary/aromatic N) is 2. The van der Waals surface area contributed by atoms with Gasteiger partial charge < -0.3 is 10.0 Å². The van der Waals surface area contributed by atoms with Crippen LogP contribution in [0.1, 0.15) is 30.5 Å². The van der Waals surface area contributed by atoms with Crippen LogP contribution in [0.15, 0.2) is 12.1 Å². The lowest BCUT2D eigenvalue weighted by atomic mass is 10.1. The Morgan fingerprint density at radius 1 is 1.33 bits per heavy atom. The fourth-order valence-corrected chi connectivity index (χ4v) is 6.54. The molecule has 0 spiro atoms. The second-order valence-electron chi connectivity index (χ2n) is 7.32. The van der Waals surface area contributed by atoms with Gasteiger partial charge in [0.05, 0.1) is 30.2 Å². The maximum absolute atomic E-state index is 12.8. The van der Waals surface area contributed by atoms with Crippen molar-refractivity contribution in [2.75, 3.05) is 31.6 Å². The Hall–Kier alpha value is -0.860. The molecule has 3 rings (SSSR count). The smallest absolute Gasteiger partial charge is 0.237 e. The first-order valence-electron chi connectivity index (χ1n) is 8.99. The molecule has 6 nitrogen and oxygen atoms in total. The van der Waals surface area contributed by atoms with E-state index < -0.39 is 15.9 Å². The quantitative estimate of drug-likeness (QED) is 0.765. The zero-order chi connectivity index (χ0) is 19.9. The summed E-state index contributed by atoms with van der Waals surface area (Å²) in [6.45, 7) is 2.38. The molecule has 150 valence electrons. The third-order valence-electron chi connectivity index (χ3n) is 5.46. The van der Waals surface area contributed by atoms with Crippen molar-refractivity contribution < 1.29 is 18.3 Å². The summed E-state index contributed by atoms with van der Waals surface area (Å²) in [5.74, 6) is 0.00947.